The van der Waals surface area contributed by atoms with Crippen LogP contribution in [0.15, 0.2) is 91.3 Å². The summed E-state index contributed by atoms with van der Waals surface area (Å²) in [6, 6.07) is 19.9. The van der Waals surface area contributed by atoms with Crippen LogP contribution in [0.3, 0.4) is 0 Å². The highest BCUT2D eigenvalue weighted by atomic mass is 31.2. The summed E-state index contributed by atoms with van der Waals surface area (Å²) in [5, 5.41) is 16.6. The fourth-order valence-corrected chi connectivity index (χ4v) is 7.89. The third-order valence-corrected chi connectivity index (χ3v) is 11.0. The van der Waals surface area contributed by atoms with E-state index in [1.54, 1.807) is 48.5 Å². The molecule has 330 valence electrons. The first kappa shape index (κ1) is 44.7. The number of hydrogen-bond acceptors (Lipinski definition) is 11. The Balaban J connectivity index is 1.07. The van der Waals surface area contributed by atoms with Gasteiger partial charge in [-0.2, -0.15) is 23.3 Å². The molecule has 0 bridgehead atoms. The molecule has 3 aromatic carbocycles. The lowest BCUT2D eigenvalue weighted by atomic mass is 9.92. The summed E-state index contributed by atoms with van der Waals surface area (Å²) >= 11 is 0. The van der Waals surface area contributed by atoms with Gasteiger partial charge in [0.2, 0.25) is 11.8 Å². The van der Waals surface area contributed by atoms with Gasteiger partial charge in [-0.05, 0) is 73.5 Å². The zero-order chi connectivity index (χ0) is 44.9. The standard InChI is InChI=1S/C44H48F3N10O5P/c1-43(2,3)36-26-37(57(55-36)32-9-6-8-28(22-32)27-63(4,5)60)53-42(59)52-34-11-12-35(33-10-7-14-48-39(33)34)62-38-13-15-50-41(54-38)51-31-24-29(23-30(25-31)44(45,46)47)40(58)49-16-17-56-18-20-61-21-19-56/h6-15,22-26H,16-21,27H2,1-5H3,(H,49,58)(H,50,51,54)(H2,52,53,59). The molecule has 63 heavy (non-hydrogen) atoms. The molecule has 0 spiro atoms. The maximum atomic E-state index is 14.0. The largest absolute Gasteiger partial charge is 0.438 e. The van der Waals surface area contributed by atoms with Crippen LogP contribution in [0, 0.1) is 0 Å². The van der Waals surface area contributed by atoms with Crippen molar-refractivity contribution in [3.05, 3.63) is 114 Å². The third kappa shape index (κ3) is 11.8. The minimum Gasteiger partial charge on any atom is -0.438 e. The molecular weight excluding hydrogens is 837 g/mol. The molecule has 0 aliphatic carbocycles. The number of urea groups is 1. The van der Waals surface area contributed by atoms with E-state index >= 15 is 0 Å². The van der Waals surface area contributed by atoms with Crippen molar-refractivity contribution in [3.8, 4) is 17.3 Å². The number of nitrogens with zero attached hydrogens (tertiary/aromatic N) is 6. The second-order valence-electron chi connectivity index (χ2n) is 16.5. The number of benzene rings is 3. The van der Waals surface area contributed by atoms with Gasteiger partial charge in [0.25, 0.3) is 5.91 Å². The van der Waals surface area contributed by atoms with Gasteiger partial charge in [-0.3, -0.25) is 20.0 Å². The molecule has 1 saturated heterocycles. The van der Waals surface area contributed by atoms with Gasteiger partial charge in [-0.15, -0.1) is 0 Å². The topological polar surface area (TPSA) is 178 Å². The SMILES string of the molecule is CC(C)(C)c1cc(NC(=O)Nc2ccc(Oc3ccnc(Nc4cc(C(=O)NCCN5CCOCC5)cc(C(F)(F)F)c4)n3)c3cccnc23)n(-c2cccc(CP(C)(C)=O)c2)n1. The second kappa shape index (κ2) is 18.5. The van der Waals surface area contributed by atoms with Crippen LogP contribution in [0.5, 0.6) is 11.6 Å². The normalized spacial score (nSPS) is 13.7. The van der Waals surface area contributed by atoms with E-state index in [0.29, 0.717) is 72.9 Å². The lowest BCUT2D eigenvalue weighted by Gasteiger charge is -2.26. The zero-order valence-electron chi connectivity index (χ0n) is 35.4. The van der Waals surface area contributed by atoms with Crippen LogP contribution in [0.2, 0.25) is 0 Å². The number of alkyl halides is 3. The molecule has 4 heterocycles. The van der Waals surface area contributed by atoms with E-state index in [1.807, 2.05) is 51.1 Å². The number of morpholine rings is 1. The van der Waals surface area contributed by atoms with Gasteiger partial charge in [-0.1, -0.05) is 32.9 Å². The van der Waals surface area contributed by atoms with Gasteiger partial charge in [0.1, 0.15) is 11.6 Å². The molecule has 0 atom stereocenters. The monoisotopic (exact) mass is 884 g/mol. The molecule has 7 rings (SSSR count). The molecule has 0 unspecified atom stereocenters. The van der Waals surface area contributed by atoms with Crippen molar-refractivity contribution in [2.75, 3.05) is 68.7 Å². The predicted molar refractivity (Wildman–Crippen MR) is 236 cm³/mol. The van der Waals surface area contributed by atoms with Gasteiger partial charge in [0, 0.05) is 78.9 Å². The minimum atomic E-state index is -4.73. The van der Waals surface area contributed by atoms with Gasteiger partial charge in [0.15, 0.2) is 0 Å². The molecule has 19 heteroatoms. The maximum absolute atomic E-state index is 14.0. The highest BCUT2D eigenvalue weighted by Crippen LogP contribution is 2.41. The van der Waals surface area contributed by atoms with Crippen LogP contribution in [0.25, 0.3) is 16.6 Å². The number of hydrogen-bond donors (Lipinski definition) is 4. The Morgan fingerprint density at radius 2 is 1.70 bits per heavy atom. The van der Waals surface area contributed by atoms with Crippen molar-refractivity contribution in [3.63, 3.8) is 0 Å². The number of fused-ring (bicyclic) bond motifs is 1. The summed E-state index contributed by atoms with van der Waals surface area (Å²) < 4.78 is 67.7. The molecule has 1 aliphatic heterocycles. The molecule has 6 aromatic rings. The van der Waals surface area contributed by atoms with E-state index in [4.69, 9.17) is 14.6 Å². The van der Waals surface area contributed by atoms with E-state index in [1.165, 1.54) is 18.3 Å². The fourth-order valence-electron chi connectivity index (χ4n) is 6.82. The molecule has 0 saturated carbocycles. The first-order chi connectivity index (χ1) is 29.9. The Bertz CT molecular complexity index is 2670. The summed E-state index contributed by atoms with van der Waals surface area (Å²) in [4.78, 5) is 41.8. The van der Waals surface area contributed by atoms with Crippen LogP contribution in [-0.4, -0.2) is 94.3 Å². The van der Waals surface area contributed by atoms with Crippen LogP contribution >= 0.6 is 7.14 Å². The number of carbonyl (C=O) groups excluding carboxylic acids is 2. The van der Waals surface area contributed by atoms with Crippen LogP contribution in [-0.2, 0) is 27.1 Å². The third-order valence-electron chi connectivity index (χ3n) is 9.86. The molecule has 1 aliphatic rings. The van der Waals surface area contributed by atoms with Crippen molar-refractivity contribution in [1.82, 2.24) is 34.9 Å². The van der Waals surface area contributed by atoms with Crippen LogP contribution < -0.4 is 26.0 Å². The molecule has 1 fully saturated rings. The number of ether oxygens (including phenoxy) is 2. The number of carbonyl (C=O) groups is 2. The summed E-state index contributed by atoms with van der Waals surface area (Å²) in [5.74, 6) is 0.0491. The molecule has 15 nitrogen and oxygen atoms in total. The number of nitrogens with one attached hydrogen (secondary N) is 4. The predicted octanol–water partition coefficient (Wildman–Crippen LogP) is 8.89. The van der Waals surface area contributed by atoms with Crippen molar-refractivity contribution < 1.29 is 36.8 Å². The van der Waals surface area contributed by atoms with Gasteiger partial charge >= 0.3 is 12.2 Å². The Morgan fingerprint density at radius 3 is 2.44 bits per heavy atom. The van der Waals surface area contributed by atoms with E-state index in [9.17, 15) is 27.3 Å². The van der Waals surface area contributed by atoms with E-state index in [-0.39, 0.29) is 35.0 Å². The van der Waals surface area contributed by atoms with Gasteiger partial charge in [0.05, 0.1) is 48.5 Å². The number of amides is 3. The second-order valence-corrected chi connectivity index (χ2v) is 20.0. The fraction of sp³-hybridized carbons (Fsp3) is 0.318. The summed E-state index contributed by atoms with van der Waals surface area (Å²) in [7, 11) is -2.35. The van der Waals surface area contributed by atoms with Crippen LogP contribution in [0.1, 0.15) is 48.0 Å². The lowest BCUT2D eigenvalue weighted by Crippen LogP contribution is -2.41. The van der Waals surface area contributed by atoms with Gasteiger partial charge < -0.3 is 30.0 Å². The van der Waals surface area contributed by atoms with Crippen molar-refractivity contribution >= 4 is 53.1 Å². The highest BCUT2D eigenvalue weighted by Gasteiger charge is 2.32. The Hall–Kier alpha value is -6.36. The molecule has 4 N–H and O–H groups in total. The Kier molecular flexibility index (Phi) is 13.2. The first-order valence-electron chi connectivity index (χ1n) is 20.2. The maximum Gasteiger partial charge on any atom is 0.416 e. The minimum absolute atomic E-state index is 0.0526. The average molecular weight is 885 g/mol. The first-order valence-corrected chi connectivity index (χ1v) is 22.9. The van der Waals surface area contributed by atoms with E-state index < -0.39 is 30.8 Å². The number of pyridine rings is 1. The number of rotatable bonds is 13. The average Bonchev–Trinajstić information content (AvgIpc) is 3.66. The van der Waals surface area contributed by atoms with Crippen molar-refractivity contribution in [2.24, 2.45) is 0 Å². The summed E-state index contributed by atoms with van der Waals surface area (Å²) in [6.45, 7) is 12.9. The Labute approximate surface area is 362 Å². The summed E-state index contributed by atoms with van der Waals surface area (Å²) in [6.07, 6.45) is -1.37. The van der Waals surface area contributed by atoms with Crippen LogP contribution in [0.4, 0.5) is 41.1 Å². The quantitative estimate of drug-likeness (QED) is 0.0815. The molecular formula is C44H48F3N10O5P. The lowest BCUT2D eigenvalue weighted by molar-refractivity contribution is -0.137. The summed E-state index contributed by atoms with van der Waals surface area (Å²) in [5.41, 5.74) is 1.50. The number of halogens is 3. The molecule has 0 radical (unpaired) electrons. The Morgan fingerprint density at radius 1 is 0.905 bits per heavy atom. The van der Waals surface area contributed by atoms with Crippen molar-refractivity contribution in [1.29, 1.82) is 0 Å². The molecule has 3 amide bonds. The zero-order valence-corrected chi connectivity index (χ0v) is 36.3. The number of anilines is 4. The molecule has 3 aromatic heterocycles. The highest BCUT2D eigenvalue weighted by molar-refractivity contribution is 7.61. The smallest absolute Gasteiger partial charge is 0.416 e. The van der Waals surface area contributed by atoms with E-state index in [0.717, 1.165) is 23.4 Å². The van der Waals surface area contributed by atoms with Crippen molar-refractivity contribution in [2.45, 2.75) is 38.5 Å². The van der Waals surface area contributed by atoms with E-state index in [2.05, 4.69) is 41.1 Å². The van der Waals surface area contributed by atoms with Gasteiger partial charge in [-0.25, -0.2) is 14.5 Å². The number of aromatic nitrogens is 5.